The summed E-state index contributed by atoms with van der Waals surface area (Å²) in [5.41, 5.74) is -0.0430. The molecule has 0 aliphatic heterocycles. The molecule has 0 aliphatic carbocycles. The normalized spacial score (nSPS) is 12.2. The zero-order valence-electron chi connectivity index (χ0n) is 11.7. The van der Waals surface area contributed by atoms with Gasteiger partial charge in [-0.25, -0.2) is 9.59 Å². The molecule has 0 atom stereocenters. The van der Waals surface area contributed by atoms with E-state index >= 15 is 0 Å². The lowest BCUT2D eigenvalue weighted by Crippen LogP contribution is -2.10. The molecule has 0 radical (unpaired) electrons. The van der Waals surface area contributed by atoms with Gasteiger partial charge < -0.3 is 15.3 Å². The van der Waals surface area contributed by atoms with E-state index in [1.165, 1.54) is 6.07 Å². The minimum atomic E-state index is -1.70. The zero-order valence-corrected chi connectivity index (χ0v) is 11.7. The smallest absolute Gasteiger partial charge is 0.371 e. The van der Waals surface area contributed by atoms with Gasteiger partial charge in [0.1, 0.15) is 5.57 Å². The van der Waals surface area contributed by atoms with E-state index in [-0.39, 0.29) is 5.56 Å². The van der Waals surface area contributed by atoms with Crippen LogP contribution < -0.4 is 0 Å². The van der Waals surface area contributed by atoms with Crippen LogP contribution in [-0.4, -0.2) is 32.2 Å². The van der Waals surface area contributed by atoms with Crippen molar-refractivity contribution in [2.24, 2.45) is 0 Å². The van der Waals surface area contributed by atoms with Crippen molar-refractivity contribution in [1.82, 2.24) is 4.98 Å². The number of aliphatic hydroxyl groups is 1. The highest BCUT2D eigenvalue weighted by Crippen LogP contribution is 2.31. The van der Waals surface area contributed by atoms with Crippen LogP contribution >= 0.6 is 0 Å². The molecule has 0 saturated carbocycles. The number of aromatic nitrogens is 1. The quantitative estimate of drug-likeness (QED) is 0.390. The van der Waals surface area contributed by atoms with Crippen LogP contribution in [0.1, 0.15) is 5.56 Å². The molecule has 3 aromatic rings. The number of hydrogen-bond donors (Lipinski definition) is 3. The van der Waals surface area contributed by atoms with Crippen molar-refractivity contribution in [3.05, 3.63) is 60.0 Å². The average Bonchev–Trinajstić information content (AvgIpc) is 2.54. The van der Waals surface area contributed by atoms with Crippen LogP contribution in [0.4, 0.5) is 0 Å². The molecule has 3 rings (SSSR count). The molecule has 0 saturated heterocycles. The summed E-state index contributed by atoms with van der Waals surface area (Å²) in [4.78, 5) is 26.8. The first-order valence-corrected chi connectivity index (χ1v) is 6.67. The van der Waals surface area contributed by atoms with Crippen LogP contribution in [0, 0.1) is 0 Å². The third-order valence-corrected chi connectivity index (χ3v) is 3.54. The fourth-order valence-corrected chi connectivity index (χ4v) is 2.57. The second kappa shape index (κ2) is 5.42. The van der Waals surface area contributed by atoms with E-state index < -0.39 is 23.3 Å². The maximum absolute atomic E-state index is 11.5. The molecular formula is C17H11NO5. The van der Waals surface area contributed by atoms with Crippen LogP contribution in [0.5, 0.6) is 0 Å². The van der Waals surface area contributed by atoms with Crippen molar-refractivity contribution in [2.45, 2.75) is 0 Å². The van der Waals surface area contributed by atoms with Crippen LogP contribution in [-0.2, 0) is 9.59 Å². The number of rotatable bonds is 3. The Morgan fingerprint density at radius 3 is 2.30 bits per heavy atom. The van der Waals surface area contributed by atoms with Gasteiger partial charge in [-0.05, 0) is 11.5 Å². The Morgan fingerprint density at radius 1 is 0.870 bits per heavy atom. The van der Waals surface area contributed by atoms with Crippen molar-refractivity contribution >= 4 is 39.2 Å². The second-order valence-corrected chi connectivity index (χ2v) is 4.88. The van der Waals surface area contributed by atoms with Crippen LogP contribution in [0.3, 0.4) is 0 Å². The number of aliphatic carboxylic acids is 2. The summed E-state index contributed by atoms with van der Waals surface area (Å²) in [6.07, 6.45) is 1.66. The molecule has 0 bridgehead atoms. The Bertz CT molecular complexity index is 991. The number of aliphatic hydroxyl groups excluding tert-OH is 1. The van der Waals surface area contributed by atoms with Gasteiger partial charge in [0.25, 0.3) is 0 Å². The maximum Gasteiger partial charge on any atom is 0.371 e. The first-order chi connectivity index (χ1) is 11.0. The average molecular weight is 309 g/mol. The Balaban J connectivity index is 2.51. The first-order valence-electron chi connectivity index (χ1n) is 6.67. The molecule has 3 N–H and O–H groups in total. The molecule has 0 aliphatic rings. The molecule has 114 valence electrons. The van der Waals surface area contributed by atoms with Crippen molar-refractivity contribution in [1.29, 1.82) is 0 Å². The van der Waals surface area contributed by atoms with E-state index in [4.69, 9.17) is 5.11 Å². The Labute approximate surface area is 129 Å². The molecule has 6 nitrogen and oxygen atoms in total. The van der Waals surface area contributed by atoms with E-state index in [9.17, 15) is 19.8 Å². The summed E-state index contributed by atoms with van der Waals surface area (Å²) in [6.45, 7) is 0. The zero-order chi connectivity index (χ0) is 16.6. The minimum Gasteiger partial charge on any atom is -0.501 e. The molecule has 0 fully saturated rings. The van der Waals surface area contributed by atoms with E-state index in [1.54, 1.807) is 30.5 Å². The highest BCUT2D eigenvalue weighted by Gasteiger charge is 2.24. The predicted molar refractivity (Wildman–Crippen MR) is 84.1 cm³/mol. The lowest BCUT2D eigenvalue weighted by molar-refractivity contribution is -0.136. The minimum absolute atomic E-state index is 0.110. The summed E-state index contributed by atoms with van der Waals surface area (Å²) in [6, 6.07) is 11.9. The van der Waals surface area contributed by atoms with Crippen LogP contribution in [0.15, 0.2) is 54.4 Å². The summed E-state index contributed by atoms with van der Waals surface area (Å²) in [5.74, 6) is -4.43. The summed E-state index contributed by atoms with van der Waals surface area (Å²) < 4.78 is 0. The van der Waals surface area contributed by atoms with Gasteiger partial charge >= 0.3 is 11.9 Å². The molecule has 1 aromatic heterocycles. The van der Waals surface area contributed by atoms with Gasteiger partial charge in [-0.15, -0.1) is 0 Å². The summed E-state index contributed by atoms with van der Waals surface area (Å²) in [7, 11) is 0. The Morgan fingerprint density at radius 2 is 1.61 bits per heavy atom. The standard InChI is InChI=1S/C17H11NO5/c19-15(17(22)23)14(16(20)21)11-6-3-7-12-13(11)10-5-2-1-4-9(10)8-18-12/h1-8,19H,(H,20,21)(H,22,23)/b15-14-. The maximum atomic E-state index is 11.5. The van der Waals surface area contributed by atoms with Crippen LogP contribution in [0.2, 0.25) is 0 Å². The molecular weight excluding hydrogens is 298 g/mol. The number of fused-ring (bicyclic) bond motifs is 3. The monoisotopic (exact) mass is 309 g/mol. The van der Waals surface area contributed by atoms with Gasteiger partial charge in [-0.2, -0.15) is 0 Å². The van der Waals surface area contributed by atoms with Gasteiger partial charge in [0.2, 0.25) is 5.76 Å². The van der Waals surface area contributed by atoms with Crippen molar-refractivity contribution in [3.8, 4) is 0 Å². The number of carbonyl (C=O) groups is 2. The van der Waals surface area contributed by atoms with Gasteiger partial charge in [-0.3, -0.25) is 4.98 Å². The molecule has 0 spiro atoms. The SMILES string of the molecule is O=C(O)/C(O)=C(/C(=O)O)c1cccc2ncc3ccccc3c12. The highest BCUT2D eigenvalue weighted by atomic mass is 16.4. The number of hydrogen-bond acceptors (Lipinski definition) is 4. The highest BCUT2D eigenvalue weighted by molar-refractivity contribution is 6.26. The van der Waals surface area contributed by atoms with Crippen LogP contribution in [0.25, 0.3) is 27.2 Å². The number of nitrogens with zero attached hydrogens (tertiary/aromatic N) is 1. The predicted octanol–water partition coefficient (Wildman–Crippen LogP) is 2.83. The number of carboxylic acid groups (broad SMARTS) is 2. The molecule has 2 aromatic carbocycles. The van der Waals surface area contributed by atoms with E-state index in [0.29, 0.717) is 10.9 Å². The molecule has 1 heterocycles. The lowest BCUT2D eigenvalue weighted by Gasteiger charge is -2.10. The molecule has 0 amide bonds. The van der Waals surface area contributed by atoms with Gasteiger partial charge in [0, 0.05) is 22.5 Å². The third-order valence-electron chi connectivity index (χ3n) is 3.54. The van der Waals surface area contributed by atoms with Crippen molar-refractivity contribution < 1.29 is 24.9 Å². The number of pyridine rings is 1. The van der Waals surface area contributed by atoms with Gasteiger partial charge in [0.15, 0.2) is 0 Å². The van der Waals surface area contributed by atoms with Crippen molar-refractivity contribution in [3.63, 3.8) is 0 Å². The molecule has 6 heteroatoms. The lowest BCUT2D eigenvalue weighted by atomic mass is 9.96. The Hall–Kier alpha value is -3.41. The molecule has 23 heavy (non-hydrogen) atoms. The fourth-order valence-electron chi connectivity index (χ4n) is 2.57. The number of carboxylic acids is 2. The van der Waals surface area contributed by atoms with Gasteiger partial charge in [0.05, 0.1) is 5.52 Å². The molecule has 0 unspecified atom stereocenters. The Kier molecular flexibility index (Phi) is 3.42. The summed E-state index contributed by atoms with van der Waals surface area (Å²) in [5, 5.41) is 30.1. The largest absolute Gasteiger partial charge is 0.501 e. The third kappa shape index (κ3) is 2.36. The topological polar surface area (TPSA) is 108 Å². The number of benzene rings is 2. The second-order valence-electron chi connectivity index (χ2n) is 4.88. The van der Waals surface area contributed by atoms with Gasteiger partial charge in [-0.1, -0.05) is 36.4 Å². The van der Waals surface area contributed by atoms with Crippen molar-refractivity contribution in [2.75, 3.05) is 0 Å². The van der Waals surface area contributed by atoms with E-state index in [1.807, 2.05) is 12.1 Å². The fraction of sp³-hybridized carbons (Fsp3) is 0. The van der Waals surface area contributed by atoms with E-state index in [2.05, 4.69) is 4.98 Å². The summed E-state index contributed by atoms with van der Waals surface area (Å²) >= 11 is 0. The van der Waals surface area contributed by atoms with E-state index in [0.717, 1.165) is 10.8 Å². The first kappa shape index (κ1) is 14.5.